The van der Waals surface area contributed by atoms with E-state index in [0.717, 1.165) is 0 Å². The van der Waals surface area contributed by atoms with Crippen LogP contribution in [-0.4, -0.2) is 26.2 Å². The van der Waals surface area contributed by atoms with E-state index >= 15 is 0 Å². The second-order valence-corrected chi connectivity index (χ2v) is 8.92. The Morgan fingerprint density at radius 3 is 2.24 bits per heavy atom. The second kappa shape index (κ2) is 8.96. The summed E-state index contributed by atoms with van der Waals surface area (Å²) in [4.78, 5) is 35.7. The molecule has 0 aliphatic rings. The van der Waals surface area contributed by atoms with Gasteiger partial charge >= 0.3 is 0 Å². The molecule has 170 valence electrons. The van der Waals surface area contributed by atoms with Gasteiger partial charge in [0, 0.05) is 7.05 Å². The molecule has 34 heavy (non-hydrogen) atoms. The molecule has 0 N–H and O–H groups in total. The summed E-state index contributed by atoms with van der Waals surface area (Å²) in [7, 11) is 3.23. The van der Waals surface area contributed by atoms with Crippen LogP contribution < -0.4 is 15.9 Å². The molecule has 0 aliphatic heterocycles. The summed E-state index contributed by atoms with van der Waals surface area (Å²) >= 11 is 7.68. The zero-order valence-corrected chi connectivity index (χ0v) is 19.9. The van der Waals surface area contributed by atoms with Crippen LogP contribution in [0.3, 0.4) is 0 Å². The zero-order valence-electron chi connectivity index (χ0n) is 18.4. The van der Waals surface area contributed by atoms with E-state index in [1.807, 2.05) is 24.3 Å². The van der Waals surface area contributed by atoms with E-state index in [4.69, 9.17) is 21.3 Å². The van der Waals surface area contributed by atoms with Gasteiger partial charge in [-0.2, -0.15) is 0 Å². The third kappa shape index (κ3) is 3.85. The van der Waals surface area contributed by atoms with E-state index in [1.165, 1.54) is 28.0 Å². The number of halogens is 1. The molecule has 0 unspecified atom stereocenters. The molecular formula is C25H19ClN4O3S. The van der Waals surface area contributed by atoms with Crippen LogP contribution in [0.1, 0.15) is 5.82 Å². The van der Waals surface area contributed by atoms with Crippen LogP contribution in [0.25, 0.3) is 27.5 Å². The lowest BCUT2D eigenvalue weighted by Crippen LogP contribution is -2.23. The highest BCUT2D eigenvalue weighted by Crippen LogP contribution is 2.29. The summed E-state index contributed by atoms with van der Waals surface area (Å²) < 4.78 is 8.31. The van der Waals surface area contributed by atoms with Gasteiger partial charge in [0.25, 0.3) is 11.1 Å². The quantitative estimate of drug-likeness (QED) is 0.265. The average molecular weight is 491 g/mol. The molecule has 2 heterocycles. The normalized spacial score (nSPS) is 11.3. The molecule has 3 aromatic carbocycles. The predicted molar refractivity (Wildman–Crippen MR) is 135 cm³/mol. The SMILES string of the molecule is COc1ccc(-n2c(SCc3nc4ccccc4c(=O)n3C)nc3ccccc3c2=O)cc1Cl. The maximum Gasteiger partial charge on any atom is 0.266 e. The summed E-state index contributed by atoms with van der Waals surface area (Å²) in [6.45, 7) is 0. The third-order valence-electron chi connectivity index (χ3n) is 5.54. The Morgan fingerprint density at radius 1 is 0.912 bits per heavy atom. The maximum atomic E-state index is 13.5. The van der Waals surface area contributed by atoms with Crippen molar-refractivity contribution in [3.63, 3.8) is 0 Å². The average Bonchev–Trinajstić information content (AvgIpc) is 2.85. The minimum Gasteiger partial charge on any atom is -0.495 e. The van der Waals surface area contributed by atoms with Gasteiger partial charge in [-0.3, -0.25) is 18.7 Å². The monoisotopic (exact) mass is 490 g/mol. The van der Waals surface area contributed by atoms with Crippen molar-refractivity contribution in [2.45, 2.75) is 10.9 Å². The highest BCUT2D eigenvalue weighted by molar-refractivity contribution is 7.98. The molecule has 7 nitrogen and oxygen atoms in total. The van der Waals surface area contributed by atoms with Crippen molar-refractivity contribution < 1.29 is 4.74 Å². The van der Waals surface area contributed by atoms with Crippen molar-refractivity contribution in [1.82, 2.24) is 19.1 Å². The van der Waals surface area contributed by atoms with Crippen molar-refractivity contribution in [3.05, 3.63) is 98.3 Å². The number of methoxy groups -OCH3 is 1. The first-order chi connectivity index (χ1) is 16.5. The van der Waals surface area contributed by atoms with Crippen molar-refractivity contribution in [1.29, 1.82) is 0 Å². The molecule has 0 atom stereocenters. The largest absolute Gasteiger partial charge is 0.495 e. The minimum atomic E-state index is -0.213. The number of thioether (sulfide) groups is 1. The highest BCUT2D eigenvalue weighted by Gasteiger charge is 2.16. The maximum absolute atomic E-state index is 13.5. The lowest BCUT2D eigenvalue weighted by molar-refractivity contribution is 0.415. The van der Waals surface area contributed by atoms with Crippen LogP contribution >= 0.6 is 23.4 Å². The molecule has 9 heteroatoms. The Morgan fingerprint density at radius 2 is 1.56 bits per heavy atom. The van der Waals surface area contributed by atoms with Gasteiger partial charge < -0.3 is 4.74 Å². The number of hydrogen-bond donors (Lipinski definition) is 0. The third-order valence-corrected chi connectivity index (χ3v) is 6.77. The van der Waals surface area contributed by atoms with Crippen molar-refractivity contribution in [3.8, 4) is 11.4 Å². The van der Waals surface area contributed by atoms with Gasteiger partial charge in [0.15, 0.2) is 5.16 Å². The van der Waals surface area contributed by atoms with Crippen LogP contribution in [-0.2, 0) is 12.8 Å². The first-order valence-electron chi connectivity index (χ1n) is 10.4. The van der Waals surface area contributed by atoms with Crippen LogP contribution in [0.15, 0.2) is 81.5 Å². The van der Waals surface area contributed by atoms with E-state index in [2.05, 4.69) is 4.98 Å². The Kier molecular flexibility index (Phi) is 5.85. The molecule has 0 radical (unpaired) electrons. The fraction of sp³-hybridized carbons (Fsp3) is 0.120. The number of aromatic nitrogens is 4. The van der Waals surface area contributed by atoms with Crippen molar-refractivity contribution in [2.24, 2.45) is 7.05 Å². The van der Waals surface area contributed by atoms with Crippen LogP contribution in [0, 0.1) is 0 Å². The molecule has 0 saturated heterocycles. The number of ether oxygens (including phenoxy) is 1. The number of fused-ring (bicyclic) bond motifs is 2. The fourth-order valence-corrected chi connectivity index (χ4v) is 5.00. The molecule has 0 fully saturated rings. The smallest absolute Gasteiger partial charge is 0.266 e. The minimum absolute atomic E-state index is 0.119. The van der Waals surface area contributed by atoms with Crippen LogP contribution in [0.4, 0.5) is 0 Å². The van der Waals surface area contributed by atoms with E-state index in [9.17, 15) is 9.59 Å². The van der Waals surface area contributed by atoms with E-state index in [0.29, 0.717) is 55.0 Å². The van der Waals surface area contributed by atoms with Crippen molar-refractivity contribution >= 4 is 45.2 Å². The summed E-state index contributed by atoms with van der Waals surface area (Å²) in [5, 5.41) is 1.91. The predicted octanol–water partition coefficient (Wildman–Crippen LogP) is 4.59. The van der Waals surface area contributed by atoms with E-state index in [-0.39, 0.29) is 11.1 Å². The Balaban J connectivity index is 1.64. The Hall–Kier alpha value is -3.62. The summed E-state index contributed by atoms with van der Waals surface area (Å²) in [6, 6.07) is 19.6. The topological polar surface area (TPSA) is 79.0 Å². The van der Waals surface area contributed by atoms with Gasteiger partial charge in [0.05, 0.1) is 45.4 Å². The van der Waals surface area contributed by atoms with Gasteiger partial charge in [0.2, 0.25) is 0 Å². The van der Waals surface area contributed by atoms with Crippen molar-refractivity contribution in [2.75, 3.05) is 7.11 Å². The number of benzene rings is 3. The molecule has 5 rings (SSSR count). The van der Waals surface area contributed by atoms with Crippen LogP contribution in [0.2, 0.25) is 5.02 Å². The standard InChI is InChI=1S/C25H19ClN4O3S/c1-29-22(27-19-9-5-3-7-16(19)23(29)31)14-34-25-28-20-10-6-4-8-17(20)24(32)30(25)15-11-12-21(33-2)18(26)13-15/h3-13H,14H2,1-2H3. The van der Waals surface area contributed by atoms with Gasteiger partial charge in [-0.25, -0.2) is 9.97 Å². The molecule has 5 aromatic rings. The van der Waals surface area contributed by atoms with Gasteiger partial charge in [0.1, 0.15) is 11.6 Å². The number of nitrogens with zero attached hydrogens (tertiary/aromatic N) is 4. The molecule has 0 spiro atoms. The molecular weight excluding hydrogens is 472 g/mol. The Bertz CT molecular complexity index is 1680. The van der Waals surface area contributed by atoms with Gasteiger partial charge in [-0.05, 0) is 42.5 Å². The first-order valence-corrected chi connectivity index (χ1v) is 11.8. The van der Waals surface area contributed by atoms with Crippen LogP contribution in [0.5, 0.6) is 5.75 Å². The fourth-order valence-electron chi connectivity index (χ4n) is 3.75. The molecule has 0 amide bonds. The van der Waals surface area contributed by atoms with Gasteiger partial charge in [-0.1, -0.05) is 47.6 Å². The highest BCUT2D eigenvalue weighted by atomic mass is 35.5. The number of para-hydroxylation sites is 2. The van der Waals surface area contributed by atoms with E-state index < -0.39 is 0 Å². The molecule has 0 saturated carbocycles. The Labute approximate surface area is 203 Å². The lowest BCUT2D eigenvalue weighted by Gasteiger charge is -2.15. The zero-order chi connectivity index (χ0) is 23.8. The van der Waals surface area contributed by atoms with E-state index in [1.54, 1.807) is 49.5 Å². The molecule has 0 bridgehead atoms. The van der Waals surface area contributed by atoms with Gasteiger partial charge in [-0.15, -0.1) is 0 Å². The molecule has 2 aromatic heterocycles. The first kappa shape index (κ1) is 22.2. The summed E-state index contributed by atoms with van der Waals surface area (Å²) in [5.41, 5.74) is 1.46. The lowest BCUT2D eigenvalue weighted by atomic mass is 10.2. The number of hydrogen-bond acceptors (Lipinski definition) is 6. The second-order valence-electron chi connectivity index (χ2n) is 7.57. The number of rotatable bonds is 5. The summed E-state index contributed by atoms with van der Waals surface area (Å²) in [5.74, 6) is 1.43. The summed E-state index contributed by atoms with van der Waals surface area (Å²) in [6.07, 6.45) is 0. The molecule has 0 aliphatic carbocycles.